The summed E-state index contributed by atoms with van der Waals surface area (Å²) in [6.45, 7) is 5.80. The molecule has 1 aliphatic rings. The molecule has 2 atom stereocenters. The highest BCUT2D eigenvalue weighted by Crippen LogP contribution is 2.51. The summed E-state index contributed by atoms with van der Waals surface area (Å²) >= 11 is 0. The van der Waals surface area contributed by atoms with Crippen molar-refractivity contribution in [1.29, 1.82) is 0 Å². The van der Waals surface area contributed by atoms with Crippen LogP contribution in [0.15, 0.2) is 39.6 Å². The summed E-state index contributed by atoms with van der Waals surface area (Å²) in [6, 6.07) is 4.85. The van der Waals surface area contributed by atoms with Crippen molar-refractivity contribution in [3.63, 3.8) is 0 Å². The van der Waals surface area contributed by atoms with Crippen LogP contribution in [0, 0.1) is 0 Å². The molecule has 0 amide bonds. The van der Waals surface area contributed by atoms with E-state index in [0.29, 0.717) is 22.6 Å². The highest BCUT2D eigenvalue weighted by molar-refractivity contribution is 5.86. The average molecular weight is 288 g/mol. The van der Waals surface area contributed by atoms with Crippen molar-refractivity contribution < 1.29 is 18.6 Å². The number of hydrogen-bond acceptors (Lipinski definition) is 5. The smallest absolute Gasteiger partial charge is 0.336 e. The van der Waals surface area contributed by atoms with Gasteiger partial charge in [0.25, 0.3) is 0 Å². The SMILES string of the molecule is C=C(C)C1OC1c1c(OC)c(OC)cc2ccc(=O)oc12. The molecule has 1 aromatic heterocycles. The molecule has 1 saturated heterocycles. The van der Waals surface area contributed by atoms with Gasteiger partial charge in [-0.05, 0) is 24.6 Å². The van der Waals surface area contributed by atoms with Crippen molar-refractivity contribution in [3.8, 4) is 11.5 Å². The molecule has 0 aliphatic carbocycles. The molecule has 0 saturated carbocycles. The second-order valence-electron chi connectivity index (χ2n) is 5.02. The van der Waals surface area contributed by atoms with Crippen LogP contribution in [0.3, 0.4) is 0 Å². The summed E-state index contributed by atoms with van der Waals surface area (Å²) in [7, 11) is 3.11. The molecule has 0 radical (unpaired) electrons. The minimum atomic E-state index is -0.413. The Bertz CT molecular complexity index is 774. The molecule has 110 valence electrons. The van der Waals surface area contributed by atoms with Crippen LogP contribution in [0.5, 0.6) is 11.5 Å². The normalized spacial score (nSPS) is 20.3. The van der Waals surface area contributed by atoms with Gasteiger partial charge in [0.15, 0.2) is 11.5 Å². The third kappa shape index (κ3) is 2.19. The predicted molar refractivity (Wildman–Crippen MR) is 78.0 cm³/mol. The largest absolute Gasteiger partial charge is 0.493 e. The molecule has 2 aromatic rings. The summed E-state index contributed by atoms with van der Waals surface area (Å²) in [5.74, 6) is 1.10. The van der Waals surface area contributed by atoms with Crippen molar-refractivity contribution in [2.24, 2.45) is 0 Å². The zero-order chi connectivity index (χ0) is 15.1. The monoisotopic (exact) mass is 288 g/mol. The fourth-order valence-electron chi connectivity index (χ4n) is 2.52. The number of epoxide rings is 1. The van der Waals surface area contributed by atoms with E-state index in [4.69, 9.17) is 18.6 Å². The van der Waals surface area contributed by atoms with Gasteiger partial charge >= 0.3 is 5.63 Å². The molecule has 1 aliphatic heterocycles. The third-order valence-corrected chi connectivity index (χ3v) is 3.55. The van der Waals surface area contributed by atoms with E-state index in [1.165, 1.54) is 6.07 Å². The Balaban J connectivity index is 2.29. The Morgan fingerprint density at radius 3 is 2.62 bits per heavy atom. The van der Waals surface area contributed by atoms with Gasteiger partial charge in [-0.15, -0.1) is 0 Å². The molecule has 5 heteroatoms. The average Bonchev–Trinajstić information content (AvgIpc) is 3.25. The fourth-order valence-corrected chi connectivity index (χ4v) is 2.52. The standard InChI is InChI=1S/C16H16O5/c1-8(2)13-16(21-13)12-14-9(5-6-11(17)20-14)7-10(18-3)15(12)19-4/h5-7,13,16H,1H2,2-4H3. The third-order valence-electron chi connectivity index (χ3n) is 3.55. The van der Waals surface area contributed by atoms with E-state index < -0.39 is 5.63 Å². The van der Waals surface area contributed by atoms with Crippen LogP contribution in [0.25, 0.3) is 11.0 Å². The van der Waals surface area contributed by atoms with Gasteiger partial charge in [0, 0.05) is 11.5 Å². The number of benzene rings is 1. The van der Waals surface area contributed by atoms with Crippen LogP contribution in [0.4, 0.5) is 0 Å². The van der Waals surface area contributed by atoms with E-state index in [9.17, 15) is 4.79 Å². The molecule has 0 N–H and O–H groups in total. The van der Waals surface area contributed by atoms with Gasteiger partial charge < -0.3 is 18.6 Å². The van der Waals surface area contributed by atoms with Gasteiger partial charge in [0.1, 0.15) is 17.8 Å². The molecule has 3 rings (SSSR count). The Labute approximate surface area is 121 Å². The minimum absolute atomic E-state index is 0.0975. The molecular formula is C16H16O5. The number of ether oxygens (including phenoxy) is 3. The van der Waals surface area contributed by atoms with Gasteiger partial charge in [-0.2, -0.15) is 0 Å². The first-order valence-corrected chi connectivity index (χ1v) is 6.56. The number of methoxy groups -OCH3 is 2. The first kappa shape index (κ1) is 13.7. The lowest BCUT2D eigenvalue weighted by molar-refractivity contribution is 0.341. The topological polar surface area (TPSA) is 61.2 Å². The van der Waals surface area contributed by atoms with Gasteiger partial charge in [-0.25, -0.2) is 4.79 Å². The predicted octanol–water partition coefficient (Wildman–Crippen LogP) is 2.83. The molecule has 2 unspecified atom stereocenters. The Kier molecular flexibility index (Phi) is 3.22. The van der Waals surface area contributed by atoms with Gasteiger partial charge in [-0.1, -0.05) is 6.58 Å². The second-order valence-corrected chi connectivity index (χ2v) is 5.02. The summed E-state index contributed by atoms with van der Waals surface area (Å²) in [5.41, 5.74) is 1.66. The van der Waals surface area contributed by atoms with Crippen molar-refractivity contribution in [1.82, 2.24) is 0 Å². The Morgan fingerprint density at radius 1 is 1.29 bits per heavy atom. The summed E-state index contributed by atoms with van der Waals surface area (Å²) < 4.78 is 21.8. The number of rotatable bonds is 4. The first-order chi connectivity index (χ1) is 10.1. The Morgan fingerprint density at radius 2 is 2.05 bits per heavy atom. The molecular weight excluding hydrogens is 272 g/mol. The van der Waals surface area contributed by atoms with E-state index in [1.807, 2.05) is 6.92 Å². The van der Waals surface area contributed by atoms with Crippen LogP contribution in [-0.4, -0.2) is 20.3 Å². The minimum Gasteiger partial charge on any atom is -0.493 e. The van der Waals surface area contributed by atoms with E-state index in [-0.39, 0.29) is 12.2 Å². The van der Waals surface area contributed by atoms with E-state index in [0.717, 1.165) is 11.0 Å². The lowest BCUT2D eigenvalue weighted by Crippen LogP contribution is -2.02. The maximum atomic E-state index is 11.6. The fraction of sp³-hybridized carbons (Fsp3) is 0.312. The summed E-state index contributed by atoms with van der Waals surface area (Å²) in [5, 5.41) is 0.762. The molecule has 1 fully saturated rings. The highest BCUT2D eigenvalue weighted by Gasteiger charge is 2.45. The van der Waals surface area contributed by atoms with Crippen LogP contribution in [-0.2, 0) is 4.74 Å². The lowest BCUT2D eigenvalue weighted by atomic mass is 10.0. The number of fused-ring (bicyclic) bond motifs is 1. The van der Waals surface area contributed by atoms with E-state index in [1.54, 1.807) is 26.4 Å². The molecule has 0 spiro atoms. The van der Waals surface area contributed by atoms with Crippen LogP contribution >= 0.6 is 0 Å². The quantitative estimate of drug-likeness (QED) is 0.492. The van der Waals surface area contributed by atoms with Gasteiger partial charge in [0.2, 0.25) is 0 Å². The van der Waals surface area contributed by atoms with Gasteiger partial charge in [-0.3, -0.25) is 0 Å². The van der Waals surface area contributed by atoms with E-state index in [2.05, 4.69) is 6.58 Å². The van der Waals surface area contributed by atoms with Crippen LogP contribution in [0.1, 0.15) is 18.6 Å². The lowest BCUT2D eigenvalue weighted by Gasteiger charge is -2.13. The van der Waals surface area contributed by atoms with Crippen molar-refractivity contribution in [2.45, 2.75) is 19.1 Å². The maximum Gasteiger partial charge on any atom is 0.336 e. The zero-order valence-electron chi connectivity index (χ0n) is 12.1. The Hall–Kier alpha value is -2.27. The van der Waals surface area contributed by atoms with Crippen molar-refractivity contribution in [3.05, 3.63) is 46.3 Å². The second kappa shape index (κ2) is 4.93. The number of hydrogen-bond donors (Lipinski definition) is 0. The first-order valence-electron chi connectivity index (χ1n) is 6.56. The van der Waals surface area contributed by atoms with Gasteiger partial charge in [0.05, 0.1) is 19.8 Å². The van der Waals surface area contributed by atoms with Crippen molar-refractivity contribution in [2.75, 3.05) is 14.2 Å². The van der Waals surface area contributed by atoms with Crippen molar-refractivity contribution >= 4 is 11.0 Å². The summed E-state index contributed by atoms with van der Waals surface area (Å²) in [4.78, 5) is 11.6. The maximum absolute atomic E-state index is 11.6. The zero-order valence-corrected chi connectivity index (χ0v) is 12.1. The molecule has 1 aromatic carbocycles. The van der Waals surface area contributed by atoms with E-state index >= 15 is 0 Å². The van der Waals surface area contributed by atoms with Crippen LogP contribution in [0.2, 0.25) is 0 Å². The summed E-state index contributed by atoms with van der Waals surface area (Å²) in [6.07, 6.45) is -0.333. The van der Waals surface area contributed by atoms with Crippen LogP contribution < -0.4 is 15.1 Å². The molecule has 0 bridgehead atoms. The molecule has 5 nitrogen and oxygen atoms in total. The highest BCUT2D eigenvalue weighted by atomic mass is 16.6. The molecule has 2 heterocycles. The molecule has 21 heavy (non-hydrogen) atoms.